The van der Waals surface area contributed by atoms with E-state index in [2.05, 4.69) is 18.1 Å². The molecule has 0 amide bonds. The lowest BCUT2D eigenvalue weighted by Gasteiger charge is -2.13. The first-order valence-corrected chi connectivity index (χ1v) is 8.12. The van der Waals surface area contributed by atoms with Crippen LogP contribution < -0.4 is 5.43 Å². The predicted molar refractivity (Wildman–Crippen MR) is 102 cm³/mol. The third-order valence-electron chi connectivity index (χ3n) is 3.97. The Hall–Kier alpha value is -3.47. The molecule has 0 bridgehead atoms. The molecular weight excluding hydrogens is 328 g/mol. The number of rotatable bonds is 6. The number of esters is 1. The fourth-order valence-corrected chi connectivity index (χ4v) is 2.76. The van der Waals surface area contributed by atoms with Crippen molar-refractivity contribution in [3.05, 3.63) is 90.0 Å². The van der Waals surface area contributed by atoms with E-state index < -0.39 is 5.97 Å². The van der Waals surface area contributed by atoms with E-state index in [9.17, 15) is 9.59 Å². The zero-order chi connectivity index (χ0) is 18.5. The number of benzene rings is 1. The first-order valence-electron chi connectivity index (χ1n) is 8.12. The number of hydrogen-bond acceptors (Lipinski definition) is 4. The van der Waals surface area contributed by atoms with Crippen LogP contribution in [0.3, 0.4) is 0 Å². The van der Waals surface area contributed by atoms with Crippen molar-refractivity contribution in [3.8, 4) is 11.1 Å². The molecule has 0 aliphatic rings. The molecule has 0 aliphatic carbocycles. The van der Waals surface area contributed by atoms with Gasteiger partial charge in [0.15, 0.2) is 0 Å². The normalized spacial score (nSPS) is 10.5. The fourth-order valence-electron chi connectivity index (χ4n) is 2.76. The van der Waals surface area contributed by atoms with Crippen LogP contribution in [0.15, 0.2) is 79.0 Å². The Morgan fingerprint density at radius 1 is 1.12 bits per heavy atom. The molecule has 130 valence electrons. The average molecular weight is 346 g/mol. The maximum Gasteiger partial charge on any atom is 0.343 e. The molecule has 5 heteroatoms. The zero-order valence-electron chi connectivity index (χ0n) is 14.2. The van der Waals surface area contributed by atoms with Crippen LogP contribution in [0, 0.1) is 0 Å². The smallest absolute Gasteiger partial charge is 0.343 e. The maximum absolute atomic E-state index is 12.8. The minimum Gasteiger partial charge on any atom is -0.458 e. The molecule has 0 unspecified atom stereocenters. The van der Waals surface area contributed by atoms with Crippen LogP contribution in [0.4, 0.5) is 0 Å². The van der Waals surface area contributed by atoms with Gasteiger partial charge in [-0.2, -0.15) is 0 Å². The quantitative estimate of drug-likeness (QED) is 0.505. The molecule has 0 N–H and O–H groups in total. The third kappa shape index (κ3) is 3.32. The van der Waals surface area contributed by atoms with Crippen LogP contribution in [-0.4, -0.2) is 22.1 Å². The highest BCUT2D eigenvalue weighted by Gasteiger charge is 2.16. The number of nitrogens with zero attached hydrogens (tertiary/aromatic N) is 2. The second kappa shape index (κ2) is 7.61. The highest BCUT2D eigenvalue weighted by molar-refractivity contribution is 5.94. The highest BCUT2D eigenvalue weighted by atomic mass is 16.5. The van der Waals surface area contributed by atoms with Crippen LogP contribution in [0.5, 0.6) is 0 Å². The second-order valence-corrected chi connectivity index (χ2v) is 5.67. The Labute approximate surface area is 150 Å². The van der Waals surface area contributed by atoms with E-state index in [1.54, 1.807) is 24.5 Å². The van der Waals surface area contributed by atoms with Crippen molar-refractivity contribution < 1.29 is 9.53 Å². The fraction of sp³-hybridized carbons (Fsp3) is 0.0952. The second-order valence-electron chi connectivity index (χ2n) is 5.67. The molecule has 0 aliphatic heterocycles. The van der Waals surface area contributed by atoms with Gasteiger partial charge in [0.2, 0.25) is 5.43 Å². The van der Waals surface area contributed by atoms with Gasteiger partial charge in [0.25, 0.3) is 0 Å². The first kappa shape index (κ1) is 17.4. The van der Waals surface area contributed by atoms with Gasteiger partial charge in [-0.3, -0.25) is 9.78 Å². The monoisotopic (exact) mass is 346 g/mol. The van der Waals surface area contributed by atoms with E-state index in [1.165, 1.54) is 12.3 Å². The third-order valence-corrected chi connectivity index (χ3v) is 3.97. The van der Waals surface area contributed by atoms with E-state index in [-0.39, 0.29) is 17.6 Å². The number of allylic oxidation sites excluding steroid dienone is 1. The number of fused-ring (bicyclic) bond motifs is 1. The van der Waals surface area contributed by atoms with E-state index in [4.69, 9.17) is 4.74 Å². The number of ether oxygens (including phenoxy) is 1. The van der Waals surface area contributed by atoms with Crippen molar-refractivity contribution in [1.82, 2.24) is 9.55 Å². The molecule has 26 heavy (non-hydrogen) atoms. The van der Waals surface area contributed by atoms with Gasteiger partial charge >= 0.3 is 5.97 Å². The molecule has 2 aromatic heterocycles. The largest absolute Gasteiger partial charge is 0.458 e. The average Bonchev–Trinajstić information content (AvgIpc) is 2.68. The summed E-state index contributed by atoms with van der Waals surface area (Å²) >= 11 is 0. The zero-order valence-corrected chi connectivity index (χ0v) is 14.2. The number of carbonyl (C=O) groups is 1. The van der Waals surface area contributed by atoms with Gasteiger partial charge in [0, 0.05) is 30.5 Å². The summed E-state index contributed by atoms with van der Waals surface area (Å²) in [5, 5.41) is 0.456. The van der Waals surface area contributed by atoms with Crippen molar-refractivity contribution in [2.45, 2.75) is 6.54 Å². The summed E-state index contributed by atoms with van der Waals surface area (Å²) in [5.74, 6) is -0.659. The number of carbonyl (C=O) groups excluding carboxylic acids is 1. The first-order chi connectivity index (χ1) is 12.7. The Balaban J connectivity index is 2.19. The van der Waals surface area contributed by atoms with Gasteiger partial charge in [-0.15, -0.1) is 6.58 Å². The van der Waals surface area contributed by atoms with Gasteiger partial charge in [-0.25, -0.2) is 4.79 Å². The van der Waals surface area contributed by atoms with Gasteiger partial charge in [-0.1, -0.05) is 24.8 Å². The molecule has 0 saturated carbocycles. The summed E-state index contributed by atoms with van der Waals surface area (Å²) < 4.78 is 6.85. The maximum atomic E-state index is 12.8. The van der Waals surface area contributed by atoms with Crippen molar-refractivity contribution in [2.75, 3.05) is 6.61 Å². The summed E-state index contributed by atoms with van der Waals surface area (Å²) in [5.41, 5.74) is 2.33. The van der Waals surface area contributed by atoms with Crippen molar-refractivity contribution in [2.24, 2.45) is 0 Å². The summed E-state index contributed by atoms with van der Waals surface area (Å²) in [4.78, 5) is 29.0. The number of aromatic nitrogens is 2. The minimum absolute atomic E-state index is 0.00198. The van der Waals surface area contributed by atoms with Gasteiger partial charge < -0.3 is 9.30 Å². The molecule has 3 rings (SSSR count). The van der Waals surface area contributed by atoms with Crippen LogP contribution in [0.1, 0.15) is 10.4 Å². The van der Waals surface area contributed by atoms with Crippen LogP contribution in [0.2, 0.25) is 0 Å². The molecule has 5 nitrogen and oxygen atoms in total. The van der Waals surface area contributed by atoms with Gasteiger partial charge in [0.05, 0.1) is 5.52 Å². The Morgan fingerprint density at radius 3 is 2.58 bits per heavy atom. The van der Waals surface area contributed by atoms with Crippen molar-refractivity contribution in [3.63, 3.8) is 0 Å². The number of hydrogen-bond donors (Lipinski definition) is 0. The van der Waals surface area contributed by atoms with Crippen molar-refractivity contribution >= 4 is 16.9 Å². The Morgan fingerprint density at radius 2 is 1.88 bits per heavy atom. The van der Waals surface area contributed by atoms with E-state index in [0.29, 0.717) is 11.9 Å². The molecule has 0 atom stereocenters. The number of pyridine rings is 2. The van der Waals surface area contributed by atoms with E-state index in [0.717, 1.165) is 16.6 Å². The lowest BCUT2D eigenvalue weighted by molar-refractivity contribution is 0.0547. The molecule has 0 saturated heterocycles. The molecule has 3 aromatic rings. The summed E-state index contributed by atoms with van der Waals surface area (Å²) in [7, 11) is 0. The SMILES string of the molecule is C=CCOC(=O)c1cn(CC=C)c2cc(-c3ccncc3)ccc2c1=O. The Bertz CT molecular complexity index is 1040. The van der Waals surface area contributed by atoms with Crippen LogP contribution in [0.25, 0.3) is 22.0 Å². The predicted octanol–water partition coefficient (Wildman–Crippen LogP) is 3.59. The molecule has 2 heterocycles. The highest BCUT2D eigenvalue weighted by Crippen LogP contribution is 2.23. The van der Waals surface area contributed by atoms with E-state index in [1.807, 2.05) is 28.8 Å². The summed E-state index contributed by atoms with van der Waals surface area (Å²) in [6.07, 6.45) is 8.13. The van der Waals surface area contributed by atoms with Crippen molar-refractivity contribution in [1.29, 1.82) is 0 Å². The lowest BCUT2D eigenvalue weighted by atomic mass is 10.0. The lowest BCUT2D eigenvalue weighted by Crippen LogP contribution is -2.21. The minimum atomic E-state index is -0.659. The Kier molecular flexibility index (Phi) is 5.08. The molecule has 1 aromatic carbocycles. The topological polar surface area (TPSA) is 61.2 Å². The van der Waals surface area contributed by atoms with Crippen LogP contribution in [-0.2, 0) is 11.3 Å². The molecule has 0 spiro atoms. The molecule has 0 radical (unpaired) electrons. The van der Waals surface area contributed by atoms with Crippen LogP contribution >= 0.6 is 0 Å². The van der Waals surface area contributed by atoms with Gasteiger partial charge in [-0.05, 0) is 35.4 Å². The molecular formula is C21H18N2O3. The summed E-state index contributed by atoms with van der Waals surface area (Å²) in [6, 6.07) is 9.32. The van der Waals surface area contributed by atoms with Gasteiger partial charge in [0.1, 0.15) is 12.2 Å². The van der Waals surface area contributed by atoms with E-state index >= 15 is 0 Å². The standard InChI is InChI=1S/C21H18N2O3/c1-3-11-23-14-18(21(25)26-12-4-2)20(24)17-6-5-16(13-19(17)23)15-7-9-22-10-8-15/h3-10,13-14H,1-2,11-12H2. The summed E-state index contributed by atoms with van der Waals surface area (Å²) in [6.45, 7) is 7.77. The molecule has 0 fully saturated rings.